The number of H-pyrrole nitrogens is 1. The van der Waals surface area contributed by atoms with Gasteiger partial charge in [-0.1, -0.05) is 13.8 Å². The van der Waals surface area contributed by atoms with Crippen molar-refractivity contribution >= 4 is 27.1 Å². The highest BCUT2D eigenvalue weighted by Gasteiger charge is 2.10. The van der Waals surface area contributed by atoms with Crippen molar-refractivity contribution in [1.29, 1.82) is 0 Å². The second-order valence-electron chi connectivity index (χ2n) is 6.47. The maximum absolute atomic E-state index is 9.30. The lowest BCUT2D eigenvalue weighted by Gasteiger charge is -2.19. The lowest BCUT2D eigenvalue weighted by molar-refractivity contribution is 0.202. The zero-order valence-electron chi connectivity index (χ0n) is 14.9. The molecule has 1 aromatic carbocycles. The number of fused-ring (bicyclic) bond motifs is 1. The predicted molar refractivity (Wildman–Crippen MR) is 106 cm³/mol. The summed E-state index contributed by atoms with van der Waals surface area (Å²) in [5.41, 5.74) is 2.56. The molecule has 2 aromatic heterocycles. The predicted octanol–water partition coefficient (Wildman–Crippen LogP) is 3.37. The SMILES string of the molecule is CC(C)[C@@H](CO)NCCOc1ccc(-c2nc3cc(Br)cnc3[nH]2)cc1. The zero-order chi connectivity index (χ0) is 18.5. The molecule has 3 aromatic rings. The van der Waals surface area contributed by atoms with Gasteiger partial charge in [-0.3, -0.25) is 0 Å². The molecule has 0 amide bonds. The summed E-state index contributed by atoms with van der Waals surface area (Å²) in [7, 11) is 0. The molecule has 0 aliphatic rings. The number of hydrogen-bond donors (Lipinski definition) is 3. The molecular formula is C19H23BrN4O2. The molecule has 26 heavy (non-hydrogen) atoms. The minimum absolute atomic E-state index is 0.0997. The molecule has 0 unspecified atom stereocenters. The van der Waals surface area contributed by atoms with Crippen molar-refractivity contribution in [1.82, 2.24) is 20.3 Å². The summed E-state index contributed by atoms with van der Waals surface area (Å²) in [5.74, 6) is 1.97. The van der Waals surface area contributed by atoms with Crippen molar-refractivity contribution in [2.45, 2.75) is 19.9 Å². The average Bonchev–Trinajstić information content (AvgIpc) is 3.05. The van der Waals surface area contributed by atoms with Crippen LogP contribution in [-0.2, 0) is 0 Å². The number of aliphatic hydroxyl groups excluding tert-OH is 1. The van der Waals surface area contributed by atoms with Gasteiger partial charge in [0.1, 0.15) is 23.7 Å². The monoisotopic (exact) mass is 418 g/mol. The van der Waals surface area contributed by atoms with Crippen LogP contribution in [0.3, 0.4) is 0 Å². The minimum atomic E-state index is 0.0997. The van der Waals surface area contributed by atoms with Crippen LogP contribution >= 0.6 is 15.9 Å². The molecule has 3 N–H and O–H groups in total. The summed E-state index contributed by atoms with van der Waals surface area (Å²) in [4.78, 5) is 12.1. The first-order valence-corrected chi connectivity index (χ1v) is 9.45. The number of ether oxygens (including phenoxy) is 1. The Bertz CT molecular complexity index is 848. The van der Waals surface area contributed by atoms with Crippen LogP contribution in [-0.4, -0.2) is 45.9 Å². The topological polar surface area (TPSA) is 83.1 Å². The van der Waals surface area contributed by atoms with E-state index in [1.165, 1.54) is 0 Å². The molecular weight excluding hydrogens is 396 g/mol. The standard InChI is InChI=1S/C19H23BrN4O2/c1-12(2)17(11-25)21-7-8-26-15-5-3-13(4-6-15)18-23-16-9-14(20)10-22-19(16)24-18/h3-6,9-10,12,17,21,25H,7-8,11H2,1-2H3,(H,22,23,24)/t17-/m1/s1. The van der Waals surface area contributed by atoms with Crippen LogP contribution < -0.4 is 10.1 Å². The Balaban J connectivity index is 1.57. The maximum atomic E-state index is 9.30. The van der Waals surface area contributed by atoms with Gasteiger partial charge in [0.15, 0.2) is 5.65 Å². The van der Waals surface area contributed by atoms with Gasteiger partial charge in [-0.2, -0.15) is 0 Å². The Kier molecular flexibility index (Phi) is 6.24. The molecule has 0 fully saturated rings. The van der Waals surface area contributed by atoms with Crippen molar-refractivity contribution in [3.63, 3.8) is 0 Å². The second-order valence-corrected chi connectivity index (χ2v) is 7.38. The third kappa shape index (κ3) is 4.60. The Morgan fingerprint density at radius 1 is 1.27 bits per heavy atom. The minimum Gasteiger partial charge on any atom is -0.492 e. The van der Waals surface area contributed by atoms with Crippen LogP contribution in [0.4, 0.5) is 0 Å². The van der Waals surface area contributed by atoms with Gasteiger partial charge in [0.25, 0.3) is 0 Å². The van der Waals surface area contributed by atoms with E-state index in [0.717, 1.165) is 32.8 Å². The first-order valence-electron chi connectivity index (χ1n) is 8.65. The number of benzene rings is 1. The quantitative estimate of drug-likeness (QED) is 0.488. The normalized spacial score (nSPS) is 12.7. The molecule has 0 saturated carbocycles. The number of pyridine rings is 1. The maximum Gasteiger partial charge on any atom is 0.157 e. The fraction of sp³-hybridized carbons (Fsp3) is 0.368. The van der Waals surface area contributed by atoms with Crippen LogP contribution in [0.25, 0.3) is 22.6 Å². The van der Waals surface area contributed by atoms with Gasteiger partial charge in [0, 0.05) is 28.8 Å². The third-order valence-corrected chi connectivity index (χ3v) is 4.64. The summed E-state index contributed by atoms with van der Waals surface area (Å²) in [5, 5.41) is 12.6. The molecule has 0 aliphatic heterocycles. The largest absolute Gasteiger partial charge is 0.492 e. The van der Waals surface area contributed by atoms with Crippen LogP contribution in [0.1, 0.15) is 13.8 Å². The number of aromatic nitrogens is 3. The lowest BCUT2D eigenvalue weighted by Crippen LogP contribution is -2.39. The number of hydrogen-bond acceptors (Lipinski definition) is 5. The molecule has 138 valence electrons. The molecule has 6 nitrogen and oxygen atoms in total. The fourth-order valence-corrected chi connectivity index (χ4v) is 2.96. The van der Waals surface area contributed by atoms with Gasteiger partial charge in [0.2, 0.25) is 0 Å². The number of nitrogens with zero attached hydrogens (tertiary/aromatic N) is 2. The van der Waals surface area contributed by atoms with E-state index in [0.29, 0.717) is 19.1 Å². The molecule has 7 heteroatoms. The molecule has 0 aliphatic carbocycles. The molecule has 0 saturated heterocycles. The van der Waals surface area contributed by atoms with E-state index in [2.05, 4.69) is 50.0 Å². The Morgan fingerprint density at radius 3 is 2.73 bits per heavy atom. The number of halogens is 1. The molecule has 0 radical (unpaired) electrons. The highest BCUT2D eigenvalue weighted by Crippen LogP contribution is 2.23. The Hall–Kier alpha value is -1.96. The molecule has 0 spiro atoms. The van der Waals surface area contributed by atoms with E-state index < -0.39 is 0 Å². The van der Waals surface area contributed by atoms with Gasteiger partial charge in [-0.15, -0.1) is 0 Å². The molecule has 2 heterocycles. The van der Waals surface area contributed by atoms with Gasteiger partial charge in [-0.05, 0) is 52.2 Å². The zero-order valence-corrected chi connectivity index (χ0v) is 16.5. The second kappa shape index (κ2) is 8.62. The fourth-order valence-electron chi connectivity index (χ4n) is 2.64. The summed E-state index contributed by atoms with van der Waals surface area (Å²) >= 11 is 3.41. The lowest BCUT2D eigenvalue weighted by atomic mass is 10.1. The van der Waals surface area contributed by atoms with E-state index in [-0.39, 0.29) is 12.6 Å². The first kappa shape index (κ1) is 18.8. The van der Waals surface area contributed by atoms with Crippen molar-refractivity contribution in [2.75, 3.05) is 19.8 Å². The number of rotatable bonds is 8. The third-order valence-electron chi connectivity index (χ3n) is 4.21. The Morgan fingerprint density at radius 2 is 2.04 bits per heavy atom. The van der Waals surface area contributed by atoms with E-state index in [1.807, 2.05) is 30.3 Å². The summed E-state index contributed by atoms with van der Waals surface area (Å²) in [6.45, 7) is 5.54. The summed E-state index contributed by atoms with van der Waals surface area (Å²) in [6.07, 6.45) is 1.75. The summed E-state index contributed by atoms with van der Waals surface area (Å²) in [6, 6.07) is 9.84. The van der Waals surface area contributed by atoms with Gasteiger partial charge in [0.05, 0.1) is 6.61 Å². The van der Waals surface area contributed by atoms with Crippen LogP contribution in [0.2, 0.25) is 0 Å². The van der Waals surface area contributed by atoms with Crippen molar-refractivity contribution in [3.8, 4) is 17.1 Å². The molecule has 0 bridgehead atoms. The van der Waals surface area contributed by atoms with E-state index in [1.54, 1.807) is 6.20 Å². The smallest absolute Gasteiger partial charge is 0.157 e. The highest BCUT2D eigenvalue weighted by atomic mass is 79.9. The summed E-state index contributed by atoms with van der Waals surface area (Å²) < 4.78 is 6.66. The number of imidazole rings is 1. The van der Waals surface area contributed by atoms with Crippen molar-refractivity contribution in [3.05, 3.63) is 41.0 Å². The van der Waals surface area contributed by atoms with Gasteiger partial charge in [-0.25, -0.2) is 9.97 Å². The van der Waals surface area contributed by atoms with Crippen LogP contribution in [0, 0.1) is 5.92 Å². The Labute approximate surface area is 161 Å². The first-order chi connectivity index (χ1) is 12.6. The molecule has 3 rings (SSSR count). The van der Waals surface area contributed by atoms with Crippen molar-refractivity contribution < 1.29 is 9.84 Å². The van der Waals surface area contributed by atoms with Gasteiger partial charge >= 0.3 is 0 Å². The number of aliphatic hydroxyl groups is 1. The van der Waals surface area contributed by atoms with E-state index in [4.69, 9.17) is 4.74 Å². The number of aromatic amines is 1. The average molecular weight is 419 g/mol. The molecule has 1 atom stereocenters. The van der Waals surface area contributed by atoms with Crippen LogP contribution in [0.15, 0.2) is 41.0 Å². The highest BCUT2D eigenvalue weighted by molar-refractivity contribution is 9.10. The van der Waals surface area contributed by atoms with E-state index >= 15 is 0 Å². The van der Waals surface area contributed by atoms with Gasteiger partial charge < -0.3 is 20.1 Å². The number of nitrogens with one attached hydrogen (secondary N) is 2. The van der Waals surface area contributed by atoms with Crippen LogP contribution in [0.5, 0.6) is 5.75 Å². The van der Waals surface area contributed by atoms with E-state index in [9.17, 15) is 5.11 Å². The van der Waals surface area contributed by atoms with Crippen molar-refractivity contribution in [2.24, 2.45) is 5.92 Å².